The van der Waals surface area contributed by atoms with Gasteiger partial charge in [-0.05, 0) is 24.6 Å². The number of aromatic nitrogens is 2. The van der Waals surface area contributed by atoms with Crippen molar-refractivity contribution in [2.75, 3.05) is 11.9 Å². The van der Waals surface area contributed by atoms with E-state index < -0.39 is 0 Å². The van der Waals surface area contributed by atoms with E-state index in [9.17, 15) is 0 Å². The van der Waals surface area contributed by atoms with Crippen LogP contribution in [-0.2, 0) is 6.54 Å². The number of benzene rings is 1. The number of hydrogen-bond acceptors (Lipinski definition) is 5. The quantitative estimate of drug-likeness (QED) is 0.886. The lowest BCUT2D eigenvalue weighted by Crippen LogP contribution is -2.03. The largest absolute Gasteiger partial charge is 0.478 e. The standard InChI is InChI=1S/C14H14N4O/c1-2-19-14-7-13(17-10-18-14)16-9-12-5-3-11(8-15)4-6-12/h3-7,10H,2,9H2,1H3,(H,16,17,18). The lowest BCUT2D eigenvalue weighted by Gasteiger charge is -2.07. The van der Waals surface area contributed by atoms with Crippen LogP contribution in [0.4, 0.5) is 5.82 Å². The van der Waals surface area contributed by atoms with E-state index in [1.807, 2.05) is 19.1 Å². The minimum Gasteiger partial charge on any atom is -0.478 e. The van der Waals surface area contributed by atoms with Gasteiger partial charge < -0.3 is 10.1 Å². The van der Waals surface area contributed by atoms with Crippen molar-refractivity contribution in [3.63, 3.8) is 0 Å². The highest BCUT2D eigenvalue weighted by Gasteiger charge is 1.99. The maximum atomic E-state index is 8.72. The number of nitrogens with zero attached hydrogens (tertiary/aromatic N) is 3. The van der Waals surface area contributed by atoms with E-state index in [4.69, 9.17) is 10.00 Å². The fourth-order valence-electron chi connectivity index (χ4n) is 1.55. The molecular weight excluding hydrogens is 240 g/mol. The van der Waals surface area contributed by atoms with Gasteiger partial charge in [-0.2, -0.15) is 5.26 Å². The minimum absolute atomic E-state index is 0.555. The second-order valence-corrected chi connectivity index (χ2v) is 3.84. The van der Waals surface area contributed by atoms with Gasteiger partial charge in [0.2, 0.25) is 5.88 Å². The number of nitrogens with one attached hydrogen (secondary N) is 1. The Morgan fingerprint density at radius 2 is 2.05 bits per heavy atom. The fourth-order valence-corrected chi connectivity index (χ4v) is 1.55. The Kier molecular flexibility index (Phi) is 4.29. The predicted octanol–water partition coefficient (Wildman–Crippen LogP) is 2.36. The van der Waals surface area contributed by atoms with Crippen LogP contribution < -0.4 is 10.1 Å². The smallest absolute Gasteiger partial charge is 0.218 e. The summed E-state index contributed by atoms with van der Waals surface area (Å²) < 4.78 is 5.30. The van der Waals surface area contributed by atoms with Crippen molar-refractivity contribution in [3.8, 4) is 11.9 Å². The average Bonchev–Trinajstić information content (AvgIpc) is 2.46. The van der Waals surface area contributed by atoms with E-state index in [0.717, 1.165) is 5.56 Å². The molecule has 5 nitrogen and oxygen atoms in total. The number of ether oxygens (including phenoxy) is 1. The Labute approximate surface area is 111 Å². The zero-order valence-electron chi connectivity index (χ0n) is 10.6. The second-order valence-electron chi connectivity index (χ2n) is 3.84. The monoisotopic (exact) mass is 254 g/mol. The Balaban J connectivity index is 1.97. The molecule has 2 aromatic rings. The van der Waals surface area contributed by atoms with Gasteiger partial charge in [0.15, 0.2) is 0 Å². The number of rotatable bonds is 5. The summed E-state index contributed by atoms with van der Waals surface area (Å²) in [5.41, 5.74) is 1.74. The van der Waals surface area contributed by atoms with Crippen molar-refractivity contribution < 1.29 is 4.74 Å². The maximum absolute atomic E-state index is 8.72. The molecule has 0 saturated carbocycles. The molecule has 0 saturated heterocycles. The summed E-state index contributed by atoms with van der Waals surface area (Å²) in [4.78, 5) is 8.11. The van der Waals surface area contributed by atoms with Gasteiger partial charge >= 0.3 is 0 Å². The van der Waals surface area contributed by atoms with E-state index in [1.54, 1.807) is 18.2 Å². The molecule has 5 heteroatoms. The van der Waals surface area contributed by atoms with Crippen LogP contribution in [0.25, 0.3) is 0 Å². The highest BCUT2D eigenvalue weighted by atomic mass is 16.5. The molecule has 1 aromatic carbocycles. The van der Waals surface area contributed by atoms with Gasteiger partial charge in [0.25, 0.3) is 0 Å². The zero-order chi connectivity index (χ0) is 13.5. The molecule has 2 rings (SSSR count). The first-order valence-electron chi connectivity index (χ1n) is 5.99. The van der Waals surface area contributed by atoms with Crippen LogP contribution >= 0.6 is 0 Å². The first kappa shape index (κ1) is 12.8. The van der Waals surface area contributed by atoms with Crippen LogP contribution in [0, 0.1) is 11.3 Å². The van der Waals surface area contributed by atoms with E-state index in [0.29, 0.717) is 30.4 Å². The minimum atomic E-state index is 0.555. The van der Waals surface area contributed by atoms with E-state index in [1.165, 1.54) is 6.33 Å². The predicted molar refractivity (Wildman–Crippen MR) is 71.7 cm³/mol. The molecular formula is C14H14N4O. The van der Waals surface area contributed by atoms with Crippen LogP contribution in [0.3, 0.4) is 0 Å². The molecule has 0 aliphatic heterocycles. The summed E-state index contributed by atoms with van der Waals surface area (Å²) in [5.74, 6) is 1.27. The number of nitriles is 1. The summed E-state index contributed by atoms with van der Waals surface area (Å²) >= 11 is 0. The van der Waals surface area contributed by atoms with Crippen molar-refractivity contribution in [2.24, 2.45) is 0 Å². The molecule has 0 unspecified atom stereocenters. The summed E-state index contributed by atoms with van der Waals surface area (Å²) in [6.07, 6.45) is 1.46. The van der Waals surface area contributed by atoms with E-state index >= 15 is 0 Å². The molecule has 1 heterocycles. The molecule has 0 spiro atoms. The molecule has 19 heavy (non-hydrogen) atoms. The van der Waals surface area contributed by atoms with Gasteiger partial charge in [0, 0.05) is 12.6 Å². The summed E-state index contributed by atoms with van der Waals surface area (Å²) in [7, 11) is 0. The summed E-state index contributed by atoms with van der Waals surface area (Å²) in [6, 6.07) is 11.3. The molecule has 0 radical (unpaired) electrons. The molecule has 1 aromatic heterocycles. The molecule has 0 fully saturated rings. The zero-order valence-corrected chi connectivity index (χ0v) is 10.6. The Morgan fingerprint density at radius 1 is 1.26 bits per heavy atom. The maximum Gasteiger partial charge on any atom is 0.218 e. The average molecular weight is 254 g/mol. The lowest BCUT2D eigenvalue weighted by atomic mass is 10.1. The first-order chi connectivity index (χ1) is 9.31. The van der Waals surface area contributed by atoms with Crippen molar-refractivity contribution >= 4 is 5.82 Å². The highest BCUT2D eigenvalue weighted by Crippen LogP contribution is 2.12. The van der Waals surface area contributed by atoms with E-state index in [-0.39, 0.29) is 0 Å². The molecule has 0 atom stereocenters. The number of hydrogen-bond donors (Lipinski definition) is 1. The van der Waals surface area contributed by atoms with Gasteiger partial charge in [-0.25, -0.2) is 9.97 Å². The highest BCUT2D eigenvalue weighted by molar-refractivity contribution is 5.39. The Hall–Kier alpha value is -2.61. The Bertz CT molecular complexity index is 575. The van der Waals surface area contributed by atoms with Gasteiger partial charge in [-0.1, -0.05) is 12.1 Å². The van der Waals surface area contributed by atoms with Crippen molar-refractivity contribution in [1.29, 1.82) is 5.26 Å². The van der Waals surface area contributed by atoms with Crippen LogP contribution in [0.2, 0.25) is 0 Å². The van der Waals surface area contributed by atoms with Crippen LogP contribution in [0.5, 0.6) is 5.88 Å². The van der Waals surface area contributed by atoms with Crippen molar-refractivity contribution in [2.45, 2.75) is 13.5 Å². The number of anilines is 1. The van der Waals surface area contributed by atoms with Crippen LogP contribution in [0.15, 0.2) is 36.7 Å². The fraction of sp³-hybridized carbons (Fsp3) is 0.214. The van der Waals surface area contributed by atoms with Crippen LogP contribution in [-0.4, -0.2) is 16.6 Å². The van der Waals surface area contributed by atoms with Gasteiger partial charge in [-0.15, -0.1) is 0 Å². The van der Waals surface area contributed by atoms with Gasteiger partial charge in [0.1, 0.15) is 12.1 Å². The third-order valence-electron chi connectivity index (χ3n) is 2.49. The third kappa shape index (κ3) is 3.68. The normalized spacial score (nSPS) is 9.68. The van der Waals surface area contributed by atoms with E-state index in [2.05, 4.69) is 21.4 Å². The van der Waals surface area contributed by atoms with Gasteiger partial charge in [0.05, 0.1) is 18.2 Å². The summed E-state index contributed by atoms with van der Waals surface area (Å²) in [6.45, 7) is 3.12. The summed E-state index contributed by atoms with van der Waals surface area (Å²) in [5, 5.41) is 11.9. The van der Waals surface area contributed by atoms with Crippen molar-refractivity contribution in [3.05, 3.63) is 47.8 Å². The lowest BCUT2D eigenvalue weighted by molar-refractivity contribution is 0.326. The SMILES string of the molecule is CCOc1cc(NCc2ccc(C#N)cc2)ncn1. The van der Waals surface area contributed by atoms with Crippen LogP contribution in [0.1, 0.15) is 18.1 Å². The first-order valence-corrected chi connectivity index (χ1v) is 5.99. The molecule has 0 aliphatic carbocycles. The third-order valence-corrected chi connectivity index (χ3v) is 2.49. The second kappa shape index (κ2) is 6.36. The van der Waals surface area contributed by atoms with Gasteiger partial charge in [-0.3, -0.25) is 0 Å². The molecule has 1 N–H and O–H groups in total. The molecule has 0 bridgehead atoms. The molecule has 96 valence electrons. The van der Waals surface area contributed by atoms with Crippen molar-refractivity contribution in [1.82, 2.24) is 9.97 Å². The molecule has 0 aliphatic rings. The molecule has 0 amide bonds. The Morgan fingerprint density at radius 3 is 2.74 bits per heavy atom. The topological polar surface area (TPSA) is 70.8 Å².